The standard InChI is InChI=1S/C18H29N3O3S/c1-15(2)14-20(18(22)17-6-4-16(3)5-7-17)12-13-25(23,24)21-10-8-19-9-11-21/h4-7,15,19H,8-14H2,1-3H3. The quantitative estimate of drug-likeness (QED) is 0.789. The Hall–Kier alpha value is -1.44. The monoisotopic (exact) mass is 367 g/mol. The van der Waals surface area contributed by atoms with Gasteiger partial charge in [-0.05, 0) is 25.0 Å². The fourth-order valence-electron chi connectivity index (χ4n) is 2.87. The molecule has 1 aliphatic rings. The van der Waals surface area contributed by atoms with E-state index >= 15 is 0 Å². The van der Waals surface area contributed by atoms with Crippen molar-refractivity contribution in [3.63, 3.8) is 0 Å². The Balaban J connectivity index is 2.06. The Morgan fingerprint density at radius 2 is 1.80 bits per heavy atom. The van der Waals surface area contributed by atoms with Gasteiger partial charge in [-0.1, -0.05) is 31.5 Å². The van der Waals surface area contributed by atoms with Gasteiger partial charge in [-0.2, -0.15) is 4.31 Å². The van der Waals surface area contributed by atoms with Gasteiger partial charge in [0, 0.05) is 44.8 Å². The van der Waals surface area contributed by atoms with Crippen LogP contribution in [0.5, 0.6) is 0 Å². The Labute approximate surface area is 151 Å². The Kier molecular flexibility index (Phi) is 6.98. The lowest BCUT2D eigenvalue weighted by Gasteiger charge is -2.29. The molecule has 0 aromatic heterocycles. The molecule has 0 saturated carbocycles. The van der Waals surface area contributed by atoms with Crippen molar-refractivity contribution in [3.8, 4) is 0 Å². The number of amides is 1. The smallest absolute Gasteiger partial charge is 0.253 e. The van der Waals surface area contributed by atoms with Crippen molar-refractivity contribution in [2.45, 2.75) is 20.8 Å². The number of rotatable bonds is 7. The zero-order chi connectivity index (χ0) is 18.4. The summed E-state index contributed by atoms with van der Waals surface area (Å²) in [6.07, 6.45) is 0. The molecule has 1 aromatic carbocycles. The molecule has 7 heteroatoms. The van der Waals surface area contributed by atoms with Gasteiger partial charge in [0.1, 0.15) is 0 Å². The number of hydrogen-bond acceptors (Lipinski definition) is 4. The van der Waals surface area contributed by atoms with Gasteiger partial charge in [-0.3, -0.25) is 4.79 Å². The fourth-order valence-corrected chi connectivity index (χ4v) is 4.32. The minimum atomic E-state index is -3.34. The Bertz CT molecular complexity index is 665. The first-order chi connectivity index (χ1) is 11.8. The van der Waals surface area contributed by atoms with E-state index < -0.39 is 10.0 Å². The second kappa shape index (κ2) is 8.78. The SMILES string of the molecule is Cc1ccc(C(=O)N(CCS(=O)(=O)N2CCNCC2)CC(C)C)cc1. The zero-order valence-corrected chi connectivity index (χ0v) is 16.2. The largest absolute Gasteiger partial charge is 0.337 e. The third-order valence-electron chi connectivity index (χ3n) is 4.26. The van der Waals surface area contributed by atoms with E-state index in [4.69, 9.17) is 0 Å². The van der Waals surface area contributed by atoms with E-state index in [1.54, 1.807) is 17.0 Å². The first-order valence-electron chi connectivity index (χ1n) is 8.84. The van der Waals surface area contributed by atoms with Crippen LogP contribution >= 0.6 is 0 Å². The van der Waals surface area contributed by atoms with E-state index in [1.165, 1.54) is 4.31 Å². The van der Waals surface area contributed by atoms with E-state index in [2.05, 4.69) is 5.32 Å². The summed E-state index contributed by atoms with van der Waals surface area (Å²) >= 11 is 0. The zero-order valence-electron chi connectivity index (χ0n) is 15.4. The highest BCUT2D eigenvalue weighted by atomic mass is 32.2. The van der Waals surface area contributed by atoms with E-state index in [1.807, 2.05) is 32.9 Å². The minimum absolute atomic E-state index is 0.0304. The number of sulfonamides is 1. The van der Waals surface area contributed by atoms with Crippen molar-refractivity contribution in [1.29, 1.82) is 0 Å². The number of benzene rings is 1. The van der Waals surface area contributed by atoms with Gasteiger partial charge in [0.25, 0.3) is 5.91 Å². The van der Waals surface area contributed by atoms with Crippen LogP contribution in [-0.4, -0.2) is 68.6 Å². The molecule has 6 nitrogen and oxygen atoms in total. The van der Waals surface area contributed by atoms with Crippen molar-refractivity contribution >= 4 is 15.9 Å². The van der Waals surface area contributed by atoms with Gasteiger partial charge < -0.3 is 10.2 Å². The predicted octanol–water partition coefficient (Wildman–Crippen LogP) is 1.33. The van der Waals surface area contributed by atoms with E-state index in [0.29, 0.717) is 38.3 Å². The molecule has 1 fully saturated rings. The molecule has 0 aliphatic carbocycles. The molecule has 0 bridgehead atoms. The van der Waals surface area contributed by atoms with Crippen molar-refractivity contribution in [2.24, 2.45) is 5.92 Å². The number of aryl methyl sites for hydroxylation is 1. The van der Waals surface area contributed by atoms with E-state index in [-0.39, 0.29) is 24.1 Å². The van der Waals surface area contributed by atoms with Crippen LogP contribution in [0.15, 0.2) is 24.3 Å². The summed E-state index contributed by atoms with van der Waals surface area (Å²) < 4.78 is 26.6. The van der Waals surface area contributed by atoms with Crippen LogP contribution in [-0.2, 0) is 10.0 Å². The van der Waals surface area contributed by atoms with Crippen LogP contribution in [0.3, 0.4) is 0 Å². The number of carbonyl (C=O) groups is 1. The van der Waals surface area contributed by atoms with Crippen molar-refractivity contribution in [2.75, 3.05) is 45.0 Å². The number of piperazine rings is 1. The molecular formula is C18H29N3O3S. The average molecular weight is 368 g/mol. The highest BCUT2D eigenvalue weighted by molar-refractivity contribution is 7.89. The maximum absolute atomic E-state index is 12.8. The second-order valence-corrected chi connectivity index (χ2v) is 9.06. The molecule has 1 aliphatic heterocycles. The molecule has 0 spiro atoms. The van der Waals surface area contributed by atoms with Gasteiger partial charge in [0.05, 0.1) is 5.75 Å². The first kappa shape index (κ1) is 19.9. The Morgan fingerprint density at radius 1 is 1.20 bits per heavy atom. The molecule has 140 valence electrons. The number of hydrogen-bond donors (Lipinski definition) is 1. The summed E-state index contributed by atoms with van der Waals surface area (Å²) in [7, 11) is -3.34. The fraction of sp³-hybridized carbons (Fsp3) is 0.611. The summed E-state index contributed by atoms with van der Waals surface area (Å²) in [5.41, 5.74) is 1.69. The van der Waals surface area contributed by atoms with Crippen LogP contribution in [0, 0.1) is 12.8 Å². The lowest BCUT2D eigenvalue weighted by molar-refractivity contribution is 0.0746. The Morgan fingerprint density at radius 3 is 2.36 bits per heavy atom. The highest BCUT2D eigenvalue weighted by Gasteiger charge is 2.26. The van der Waals surface area contributed by atoms with Crippen molar-refractivity contribution < 1.29 is 13.2 Å². The number of nitrogens with zero attached hydrogens (tertiary/aromatic N) is 2. The molecule has 0 atom stereocenters. The lowest BCUT2D eigenvalue weighted by atomic mass is 10.1. The molecule has 25 heavy (non-hydrogen) atoms. The summed E-state index contributed by atoms with van der Waals surface area (Å²) in [6.45, 7) is 9.15. The van der Waals surface area contributed by atoms with E-state index in [9.17, 15) is 13.2 Å². The highest BCUT2D eigenvalue weighted by Crippen LogP contribution is 2.11. The third kappa shape index (κ3) is 5.80. The number of nitrogens with one attached hydrogen (secondary N) is 1. The normalized spacial score (nSPS) is 16.2. The summed E-state index contributed by atoms with van der Waals surface area (Å²) in [5, 5.41) is 3.15. The molecule has 1 heterocycles. The molecule has 1 N–H and O–H groups in total. The van der Waals surface area contributed by atoms with Crippen LogP contribution in [0.1, 0.15) is 29.8 Å². The third-order valence-corrected chi connectivity index (χ3v) is 6.11. The van der Waals surface area contributed by atoms with Gasteiger partial charge in [0.15, 0.2) is 0 Å². The van der Waals surface area contributed by atoms with Gasteiger partial charge in [-0.25, -0.2) is 8.42 Å². The minimum Gasteiger partial charge on any atom is -0.337 e. The van der Waals surface area contributed by atoms with Crippen molar-refractivity contribution in [1.82, 2.24) is 14.5 Å². The maximum Gasteiger partial charge on any atom is 0.253 e. The summed E-state index contributed by atoms with van der Waals surface area (Å²) in [4.78, 5) is 14.5. The summed E-state index contributed by atoms with van der Waals surface area (Å²) in [5.74, 6) is 0.137. The summed E-state index contributed by atoms with van der Waals surface area (Å²) in [6, 6.07) is 7.40. The van der Waals surface area contributed by atoms with Crippen LogP contribution < -0.4 is 5.32 Å². The van der Waals surface area contributed by atoms with Gasteiger partial charge in [0.2, 0.25) is 10.0 Å². The lowest BCUT2D eigenvalue weighted by Crippen LogP contribution is -2.48. The maximum atomic E-state index is 12.8. The molecule has 1 amide bonds. The topological polar surface area (TPSA) is 69.7 Å². The van der Waals surface area contributed by atoms with E-state index in [0.717, 1.165) is 5.56 Å². The predicted molar refractivity (Wildman–Crippen MR) is 100 cm³/mol. The number of carbonyl (C=O) groups excluding carboxylic acids is 1. The first-order valence-corrected chi connectivity index (χ1v) is 10.4. The molecule has 1 aromatic rings. The van der Waals surface area contributed by atoms with Crippen LogP contribution in [0.2, 0.25) is 0 Å². The van der Waals surface area contributed by atoms with Crippen molar-refractivity contribution in [3.05, 3.63) is 35.4 Å². The molecule has 1 saturated heterocycles. The molecule has 0 radical (unpaired) electrons. The van der Waals surface area contributed by atoms with Gasteiger partial charge in [-0.15, -0.1) is 0 Å². The van der Waals surface area contributed by atoms with Crippen LogP contribution in [0.25, 0.3) is 0 Å². The van der Waals surface area contributed by atoms with Crippen LogP contribution in [0.4, 0.5) is 0 Å². The molecule has 2 rings (SSSR count). The van der Waals surface area contributed by atoms with Gasteiger partial charge >= 0.3 is 0 Å². The molecular weight excluding hydrogens is 338 g/mol. The molecule has 0 unspecified atom stereocenters. The second-order valence-electron chi connectivity index (χ2n) is 6.98. The average Bonchev–Trinajstić information content (AvgIpc) is 2.59.